The van der Waals surface area contributed by atoms with Crippen LogP contribution in [-0.2, 0) is 11.2 Å². The molecule has 0 saturated heterocycles. The number of hydrogen-bond acceptors (Lipinski definition) is 5. The van der Waals surface area contributed by atoms with Gasteiger partial charge in [-0.15, -0.1) is 0 Å². The second-order valence-electron chi connectivity index (χ2n) is 5.35. The number of rotatable bonds is 6. The zero-order valence-electron chi connectivity index (χ0n) is 13.2. The SMILES string of the molecule is O=C(CCc1nc2ccccc2[nH]1)N/N=C\c1cccc([N+](=O)[O-])c1. The Bertz CT molecular complexity index is 915. The quantitative estimate of drug-likeness (QED) is 0.409. The van der Waals surface area contributed by atoms with Gasteiger partial charge in [0.15, 0.2) is 0 Å². The highest BCUT2D eigenvalue weighted by atomic mass is 16.6. The summed E-state index contributed by atoms with van der Waals surface area (Å²) in [7, 11) is 0. The maximum Gasteiger partial charge on any atom is 0.270 e. The third-order valence-corrected chi connectivity index (χ3v) is 3.51. The topological polar surface area (TPSA) is 113 Å². The molecule has 0 atom stereocenters. The average Bonchev–Trinajstić information content (AvgIpc) is 3.03. The van der Waals surface area contributed by atoms with Crippen LogP contribution in [0.5, 0.6) is 0 Å². The Labute approximate surface area is 142 Å². The van der Waals surface area contributed by atoms with Crippen molar-refractivity contribution in [3.8, 4) is 0 Å². The first-order valence-electron chi connectivity index (χ1n) is 7.62. The van der Waals surface area contributed by atoms with Crippen LogP contribution in [0.25, 0.3) is 11.0 Å². The van der Waals surface area contributed by atoms with Crippen LogP contribution >= 0.6 is 0 Å². The van der Waals surface area contributed by atoms with Gasteiger partial charge in [0, 0.05) is 30.5 Å². The lowest BCUT2D eigenvalue weighted by Gasteiger charge is -1.98. The number of H-pyrrole nitrogens is 1. The van der Waals surface area contributed by atoms with E-state index >= 15 is 0 Å². The lowest BCUT2D eigenvalue weighted by Crippen LogP contribution is -2.18. The summed E-state index contributed by atoms with van der Waals surface area (Å²) in [4.78, 5) is 29.6. The Morgan fingerprint density at radius 1 is 1.28 bits per heavy atom. The second-order valence-corrected chi connectivity index (χ2v) is 5.35. The molecule has 1 heterocycles. The Balaban J connectivity index is 1.52. The molecule has 0 aliphatic carbocycles. The first-order valence-corrected chi connectivity index (χ1v) is 7.62. The molecule has 8 heteroatoms. The molecule has 0 fully saturated rings. The third kappa shape index (κ3) is 4.25. The monoisotopic (exact) mass is 337 g/mol. The Morgan fingerprint density at radius 3 is 2.92 bits per heavy atom. The van der Waals surface area contributed by atoms with E-state index in [2.05, 4.69) is 20.5 Å². The molecule has 0 unspecified atom stereocenters. The fraction of sp³-hybridized carbons (Fsp3) is 0.118. The molecule has 0 bridgehead atoms. The summed E-state index contributed by atoms with van der Waals surface area (Å²) >= 11 is 0. The van der Waals surface area contributed by atoms with E-state index in [1.807, 2.05) is 24.3 Å². The molecule has 0 aliphatic heterocycles. The fourth-order valence-corrected chi connectivity index (χ4v) is 2.31. The Kier molecular flexibility index (Phi) is 4.79. The molecule has 1 amide bonds. The van der Waals surface area contributed by atoms with E-state index < -0.39 is 4.92 Å². The highest BCUT2D eigenvalue weighted by molar-refractivity contribution is 5.83. The van der Waals surface area contributed by atoms with Crippen molar-refractivity contribution in [2.75, 3.05) is 0 Å². The molecule has 3 rings (SSSR count). The summed E-state index contributed by atoms with van der Waals surface area (Å²) in [6.45, 7) is 0. The van der Waals surface area contributed by atoms with E-state index in [1.165, 1.54) is 18.3 Å². The van der Waals surface area contributed by atoms with E-state index in [1.54, 1.807) is 12.1 Å². The number of aromatic amines is 1. The first kappa shape index (κ1) is 16.3. The molecule has 0 saturated carbocycles. The highest BCUT2D eigenvalue weighted by Gasteiger charge is 2.06. The van der Waals surface area contributed by atoms with Gasteiger partial charge in [0.2, 0.25) is 5.91 Å². The van der Waals surface area contributed by atoms with Gasteiger partial charge < -0.3 is 4.98 Å². The number of hydrazone groups is 1. The van der Waals surface area contributed by atoms with Crippen LogP contribution in [0.4, 0.5) is 5.69 Å². The molecule has 8 nitrogen and oxygen atoms in total. The number of aryl methyl sites for hydroxylation is 1. The van der Waals surface area contributed by atoms with Crippen LogP contribution < -0.4 is 5.43 Å². The van der Waals surface area contributed by atoms with Gasteiger partial charge in [0.1, 0.15) is 5.82 Å². The van der Waals surface area contributed by atoms with E-state index in [4.69, 9.17) is 0 Å². The summed E-state index contributed by atoms with van der Waals surface area (Å²) in [6.07, 6.45) is 2.06. The molecule has 2 aromatic carbocycles. The minimum atomic E-state index is -0.483. The number of fused-ring (bicyclic) bond motifs is 1. The van der Waals surface area contributed by atoms with E-state index in [9.17, 15) is 14.9 Å². The molecule has 0 radical (unpaired) electrons. The zero-order valence-corrected chi connectivity index (χ0v) is 13.2. The summed E-state index contributed by atoms with van der Waals surface area (Å²) in [5.41, 5.74) is 4.70. The molecule has 0 spiro atoms. The van der Waals surface area contributed by atoms with Crippen molar-refractivity contribution in [2.24, 2.45) is 5.10 Å². The van der Waals surface area contributed by atoms with Crippen LogP contribution in [0.3, 0.4) is 0 Å². The number of nitrogens with zero attached hydrogens (tertiary/aromatic N) is 3. The van der Waals surface area contributed by atoms with Crippen molar-refractivity contribution in [3.05, 3.63) is 70.0 Å². The molecule has 126 valence electrons. The fourth-order valence-electron chi connectivity index (χ4n) is 2.31. The Hall–Kier alpha value is -3.55. The standard InChI is InChI=1S/C17H15N5O3/c23-17(9-8-16-19-14-6-1-2-7-15(14)20-16)21-18-11-12-4-3-5-13(10-12)22(24)25/h1-7,10-11H,8-9H2,(H,19,20)(H,21,23)/b18-11-. The van der Waals surface area contributed by atoms with Gasteiger partial charge in [0.25, 0.3) is 5.69 Å². The molecule has 1 aromatic heterocycles. The number of aromatic nitrogens is 2. The number of carbonyl (C=O) groups is 1. The summed E-state index contributed by atoms with van der Waals surface area (Å²) in [5, 5.41) is 14.5. The normalized spacial score (nSPS) is 11.0. The van der Waals surface area contributed by atoms with Crippen molar-refractivity contribution < 1.29 is 9.72 Å². The minimum Gasteiger partial charge on any atom is -0.342 e. The average molecular weight is 337 g/mol. The largest absolute Gasteiger partial charge is 0.342 e. The number of hydrogen-bond donors (Lipinski definition) is 2. The van der Waals surface area contributed by atoms with Crippen molar-refractivity contribution >= 4 is 28.8 Å². The maximum atomic E-state index is 11.8. The van der Waals surface area contributed by atoms with Crippen molar-refractivity contribution in [1.82, 2.24) is 15.4 Å². The number of carbonyl (C=O) groups excluding carboxylic acids is 1. The van der Waals surface area contributed by atoms with Gasteiger partial charge in [-0.25, -0.2) is 10.4 Å². The summed E-state index contributed by atoms with van der Waals surface area (Å²) < 4.78 is 0. The van der Waals surface area contributed by atoms with Crippen LogP contribution in [0.1, 0.15) is 17.8 Å². The molecule has 25 heavy (non-hydrogen) atoms. The number of benzene rings is 2. The lowest BCUT2D eigenvalue weighted by molar-refractivity contribution is -0.384. The van der Waals surface area contributed by atoms with E-state index in [-0.39, 0.29) is 18.0 Å². The van der Waals surface area contributed by atoms with E-state index in [0.717, 1.165) is 16.9 Å². The Morgan fingerprint density at radius 2 is 2.12 bits per heavy atom. The molecule has 3 aromatic rings. The minimum absolute atomic E-state index is 0.0276. The highest BCUT2D eigenvalue weighted by Crippen LogP contribution is 2.12. The van der Waals surface area contributed by atoms with Crippen LogP contribution in [0, 0.1) is 10.1 Å². The number of amides is 1. The van der Waals surface area contributed by atoms with Crippen LogP contribution in [-0.4, -0.2) is 27.0 Å². The number of non-ortho nitro benzene ring substituents is 1. The number of para-hydroxylation sites is 2. The predicted molar refractivity (Wildman–Crippen MR) is 93.2 cm³/mol. The molecular weight excluding hydrogens is 322 g/mol. The number of imidazole rings is 1. The number of nitro groups is 1. The zero-order chi connectivity index (χ0) is 17.6. The predicted octanol–water partition coefficient (Wildman–Crippen LogP) is 2.55. The van der Waals surface area contributed by atoms with Crippen molar-refractivity contribution in [3.63, 3.8) is 0 Å². The second kappa shape index (κ2) is 7.35. The number of nitro benzene ring substituents is 1. The van der Waals surface area contributed by atoms with Crippen molar-refractivity contribution in [2.45, 2.75) is 12.8 Å². The maximum absolute atomic E-state index is 11.8. The van der Waals surface area contributed by atoms with Gasteiger partial charge in [-0.05, 0) is 12.1 Å². The van der Waals surface area contributed by atoms with Gasteiger partial charge >= 0.3 is 0 Å². The van der Waals surface area contributed by atoms with Gasteiger partial charge in [-0.1, -0.05) is 24.3 Å². The first-order chi connectivity index (χ1) is 12.1. The van der Waals surface area contributed by atoms with Gasteiger partial charge in [0.05, 0.1) is 22.2 Å². The lowest BCUT2D eigenvalue weighted by atomic mass is 10.2. The van der Waals surface area contributed by atoms with Crippen LogP contribution in [0.15, 0.2) is 53.6 Å². The van der Waals surface area contributed by atoms with Crippen LogP contribution in [0.2, 0.25) is 0 Å². The smallest absolute Gasteiger partial charge is 0.270 e. The third-order valence-electron chi connectivity index (χ3n) is 3.51. The number of nitrogens with one attached hydrogen (secondary N) is 2. The van der Waals surface area contributed by atoms with E-state index in [0.29, 0.717) is 12.0 Å². The molecular formula is C17H15N5O3. The molecule has 0 aliphatic rings. The van der Waals surface area contributed by atoms with Crippen molar-refractivity contribution in [1.29, 1.82) is 0 Å². The summed E-state index contributed by atoms with van der Waals surface area (Å²) in [6, 6.07) is 13.6. The molecule has 2 N–H and O–H groups in total. The van der Waals surface area contributed by atoms with Gasteiger partial charge in [-0.3, -0.25) is 14.9 Å². The van der Waals surface area contributed by atoms with Gasteiger partial charge in [-0.2, -0.15) is 5.10 Å². The summed E-state index contributed by atoms with van der Waals surface area (Å²) in [5.74, 6) is 0.473.